The number of nitrogens with one attached hydrogen (secondary N) is 1. The highest BCUT2D eigenvalue weighted by atomic mass is 16.5. The van der Waals surface area contributed by atoms with Crippen LogP contribution in [0.15, 0.2) is 71.2 Å². The molecule has 2 N–H and O–H groups in total. The number of carbonyl (C=O) groups is 2. The van der Waals surface area contributed by atoms with Gasteiger partial charge in [0.25, 0.3) is 5.91 Å². The molecule has 0 aliphatic carbocycles. The van der Waals surface area contributed by atoms with Gasteiger partial charge in [0.2, 0.25) is 0 Å². The number of aldehydes is 1. The molecule has 0 aliphatic rings. The molecule has 3 rings (SSSR count). The van der Waals surface area contributed by atoms with Gasteiger partial charge >= 0.3 is 0 Å². The van der Waals surface area contributed by atoms with E-state index in [0.29, 0.717) is 11.3 Å². The van der Waals surface area contributed by atoms with Gasteiger partial charge in [-0.3, -0.25) is 14.8 Å². The molecule has 0 bridgehead atoms. The van der Waals surface area contributed by atoms with E-state index in [0.717, 1.165) is 28.4 Å². The van der Waals surface area contributed by atoms with Crippen LogP contribution in [0.25, 0.3) is 22.6 Å². The third-order valence-corrected chi connectivity index (χ3v) is 3.68. The molecule has 0 saturated carbocycles. The Morgan fingerprint density at radius 3 is 2.52 bits per heavy atom. The summed E-state index contributed by atoms with van der Waals surface area (Å²) in [5, 5.41) is 9.43. The lowest BCUT2D eigenvalue weighted by Gasteiger charge is -2.04. The Morgan fingerprint density at radius 2 is 1.84 bits per heavy atom. The summed E-state index contributed by atoms with van der Waals surface area (Å²) in [6.07, 6.45) is 4.97. The molecule has 5 nitrogen and oxygen atoms in total. The van der Waals surface area contributed by atoms with E-state index >= 15 is 0 Å². The topological polar surface area (TPSA) is 79.5 Å². The summed E-state index contributed by atoms with van der Waals surface area (Å²) >= 11 is 0. The fraction of sp³-hybridized carbons (Fsp3) is 0. The maximum absolute atomic E-state index is 11.1. The van der Waals surface area contributed by atoms with Crippen LogP contribution in [0.2, 0.25) is 0 Å². The first-order chi connectivity index (χ1) is 12.2. The van der Waals surface area contributed by atoms with Gasteiger partial charge < -0.3 is 4.42 Å². The first-order valence-corrected chi connectivity index (χ1v) is 7.58. The fourth-order valence-corrected chi connectivity index (χ4v) is 2.49. The Morgan fingerprint density at radius 1 is 1.08 bits per heavy atom. The van der Waals surface area contributed by atoms with E-state index in [2.05, 4.69) is 0 Å². The van der Waals surface area contributed by atoms with Gasteiger partial charge in [-0.05, 0) is 35.4 Å². The van der Waals surface area contributed by atoms with Gasteiger partial charge in [0, 0.05) is 17.0 Å². The van der Waals surface area contributed by atoms with Gasteiger partial charge in [-0.2, -0.15) is 0 Å². The van der Waals surface area contributed by atoms with Gasteiger partial charge in [-0.15, -0.1) is 0 Å². The zero-order valence-electron chi connectivity index (χ0n) is 13.2. The molecule has 0 aliphatic heterocycles. The molecule has 0 spiro atoms. The van der Waals surface area contributed by atoms with Crippen molar-refractivity contribution in [3.05, 3.63) is 83.6 Å². The van der Waals surface area contributed by atoms with Crippen LogP contribution in [0.4, 0.5) is 0 Å². The SMILES string of the molecule is O=CC=C(c1ccc(C=CC(=O)NO)cc1)c1cc2ccccc2o1. The van der Waals surface area contributed by atoms with E-state index in [1.165, 1.54) is 17.6 Å². The lowest BCUT2D eigenvalue weighted by atomic mass is 10.0. The first kappa shape index (κ1) is 16.4. The van der Waals surface area contributed by atoms with Crippen LogP contribution in [-0.2, 0) is 9.59 Å². The lowest BCUT2D eigenvalue weighted by Crippen LogP contribution is -2.14. The predicted octanol–water partition coefficient (Wildman–Crippen LogP) is 3.58. The minimum absolute atomic E-state index is 0.604. The molecule has 124 valence electrons. The molecule has 0 atom stereocenters. The Hall–Kier alpha value is -3.44. The lowest BCUT2D eigenvalue weighted by molar-refractivity contribution is -0.124. The van der Waals surface area contributed by atoms with Crippen LogP contribution < -0.4 is 5.48 Å². The van der Waals surface area contributed by atoms with Gasteiger partial charge in [-0.25, -0.2) is 5.48 Å². The third kappa shape index (κ3) is 3.73. The smallest absolute Gasteiger partial charge is 0.267 e. The van der Waals surface area contributed by atoms with Crippen molar-refractivity contribution in [2.24, 2.45) is 0 Å². The van der Waals surface area contributed by atoms with Crippen molar-refractivity contribution in [3.63, 3.8) is 0 Å². The number of benzene rings is 2. The summed E-state index contributed by atoms with van der Waals surface area (Å²) < 4.78 is 5.84. The Balaban J connectivity index is 1.93. The number of hydrogen-bond donors (Lipinski definition) is 2. The van der Waals surface area contributed by atoms with Crippen molar-refractivity contribution in [2.45, 2.75) is 0 Å². The van der Waals surface area contributed by atoms with Crippen molar-refractivity contribution >= 4 is 34.8 Å². The fourth-order valence-electron chi connectivity index (χ4n) is 2.49. The number of allylic oxidation sites excluding steroid dienone is 1. The van der Waals surface area contributed by atoms with Gasteiger partial charge in [0.1, 0.15) is 17.6 Å². The maximum atomic E-state index is 11.1. The molecule has 25 heavy (non-hydrogen) atoms. The summed E-state index contributed by atoms with van der Waals surface area (Å²) in [5.41, 5.74) is 4.55. The predicted molar refractivity (Wildman–Crippen MR) is 94.8 cm³/mol. The normalized spacial score (nSPS) is 11.8. The Kier molecular flexibility index (Phi) is 4.87. The van der Waals surface area contributed by atoms with E-state index in [9.17, 15) is 9.59 Å². The monoisotopic (exact) mass is 333 g/mol. The van der Waals surface area contributed by atoms with E-state index in [1.54, 1.807) is 18.2 Å². The van der Waals surface area contributed by atoms with Crippen molar-refractivity contribution < 1.29 is 19.2 Å². The van der Waals surface area contributed by atoms with Gasteiger partial charge in [0.05, 0.1) is 0 Å². The second-order valence-corrected chi connectivity index (χ2v) is 5.30. The quantitative estimate of drug-likeness (QED) is 0.324. The highest BCUT2D eigenvalue weighted by Crippen LogP contribution is 2.29. The molecule has 0 fully saturated rings. The molecular weight excluding hydrogens is 318 g/mol. The average Bonchev–Trinajstić information content (AvgIpc) is 3.08. The van der Waals surface area contributed by atoms with Crippen molar-refractivity contribution in [2.75, 3.05) is 0 Å². The van der Waals surface area contributed by atoms with E-state index in [1.807, 2.05) is 42.5 Å². The molecule has 1 amide bonds. The molecule has 5 heteroatoms. The number of para-hydroxylation sites is 1. The summed E-state index contributed by atoms with van der Waals surface area (Å²) in [4.78, 5) is 22.1. The molecule has 2 aromatic carbocycles. The summed E-state index contributed by atoms with van der Waals surface area (Å²) in [7, 11) is 0. The molecule has 0 unspecified atom stereocenters. The van der Waals surface area contributed by atoms with Crippen molar-refractivity contribution in [1.82, 2.24) is 5.48 Å². The molecule has 0 radical (unpaired) electrons. The zero-order chi connectivity index (χ0) is 17.6. The summed E-state index contributed by atoms with van der Waals surface area (Å²) in [6, 6.07) is 16.8. The van der Waals surface area contributed by atoms with Crippen LogP contribution in [0.3, 0.4) is 0 Å². The molecule has 1 heterocycles. The average molecular weight is 333 g/mol. The van der Waals surface area contributed by atoms with Crippen molar-refractivity contribution in [3.8, 4) is 0 Å². The number of furan rings is 1. The molecule has 1 aromatic heterocycles. The second kappa shape index (κ2) is 7.42. The summed E-state index contributed by atoms with van der Waals surface area (Å²) in [6.45, 7) is 0. The van der Waals surface area contributed by atoms with Crippen LogP contribution in [-0.4, -0.2) is 17.4 Å². The molecule has 3 aromatic rings. The number of carbonyl (C=O) groups excluding carboxylic acids is 2. The third-order valence-electron chi connectivity index (χ3n) is 3.68. The largest absolute Gasteiger partial charge is 0.456 e. The Bertz CT molecular complexity index is 932. The van der Waals surface area contributed by atoms with Crippen LogP contribution in [0.1, 0.15) is 16.9 Å². The molecular formula is C20H15NO4. The standard InChI is InChI=1S/C20H15NO4/c22-12-11-17(19-13-16-3-1-2-4-18(16)25-19)15-8-5-14(6-9-15)7-10-20(23)21-24/h1-13,24H,(H,21,23). The zero-order valence-corrected chi connectivity index (χ0v) is 13.2. The highest BCUT2D eigenvalue weighted by Gasteiger charge is 2.10. The second-order valence-electron chi connectivity index (χ2n) is 5.30. The first-order valence-electron chi connectivity index (χ1n) is 7.58. The number of amides is 1. The van der Waals surface area contributed by atoms with E-state index < -0.39 is 5.91 Å². The minimum Gasteiger partial charge on any atom is -0.456 e. The highest BCUT2D eigenvalue weighted by molar-refractivity contribution is 5.92. The Labute approximate surface area is 143 Å². The van der Waals surface area contributed by atoms with E-state index in [4.69, 9.17) is 9.62 Å². The van der Waals surface area contributed by atoms with E-state index in [-0.39, 0.29) is 0 Å². The number of fused-ring (bicyclic) bond motifs is 1. The molecule has 0 saturated heterocycles. The van der Waals surface area contributed by atoms with Crippen molar-refractivity contribution in [1.29, 1.82) is 0 Å². The van der Waals surface area contributed by atoms with Gasteiger partial charge in [-0.1, -0.05) is 42.5 Å². The number of rotatable bonds is 5. The number of hydrogen-bond acceptors (Lipinski definition) is 4. The minimum atomic E-state index is -0.604. The van der Waals surface area contributed by atoms with Crippen LogP contribution >= 0.6 is 0 Å². The maximum Gasteiger partial charge on any atom is 0.267 e. The van der Waals surface area contributed by atoms with Gasteiger partial charge in [0.15, 0.2) is 0 Å². The van der Waals surface area contributed by atoms with Crippen LogP contribution in [0, 0.1) is 0 Å². The summed E-state index contributed by atoms with van der Waals surface area (Å²) in [5.74, 6) is 0.00384. The number of hydroxylamine groups is 1. The van der Waals surface area contributed by atoms with Crippen LogP contribution in [0.5, 0.6) is 0 Å².